The monoisotopic (exact) mass is 389 g/mol. The molecule has 0 aliphatic rings. The maximum atomic E-state index is 12.3. The first kappa shape index (κ1) is 23.1. The summed E-state index contributed by atoms with van der Waals surface area (Å²) >= 11 is 0. The van der Waals surface area contributed by atoms with E-state index in [0.717, 1.165) is 24.8 Å². The Hall–Kier alpha value is -1.92. The zero-order chi connectivity index (χ0) is 20.4. The molecule has 0 aliphatic heterocycles. The Kier molecular flexibility index (Phi) is 9.46. The van der Waals surface area contributed by atoms with Crippen molar-refractivity contribution in [2.24, 2.45) is 5.92 Å². The fourth-order valence-corrected chi connectivity index (χ4v) is 2.66. The van der Waals surface area contributed by atoms with E-state index in [4.69, 9.17) is 9.47 Å². The molecule has 0 spiro atoms. The van der Waals surface area contributed by atoms with E-state index in [1.807, 2.05) is 6.92 Å². The van der Waals surface area contributed by atoms with Gasteiger partial charge in [-0.15, -0.1) is 0 Å². The minimum Gasteiger partial charge on any atom is -0.493 e. The van der Waals surface area contributed by atoms with Gasteiger partial charge in [-0.25, -0.2) is 0 Å². The zero-order valence-corrected chi connectivity index (χ0v) is 16.5. The van der Waals surface area contributed by atoms with Gasteiger partial charge < -0.3 is 14.8 Å². The number of nitrogens with one attached hydrogen (secondary N) is 1. The largest absolute Gasteiger partial charge is 0.493 e. The number of hydrogen-bond acceptors (Lipinski definition) is 3. The van der Waals surface area contributed by atoms with Crippen LogP contribution in [0.1, 0.15) is 52.0 Å². The number of hydrogen-bond donors (Lipinski definition) is 1. The maximum Gasteiger partial charge on any atom is 0.422 e. The van der Waals surface area contributed by atoms with Crippen LogP contribution in [0.2, 0.25) is 0 Å². The van der Waals surface area contributed by atoms with Crippen molar-refractivity contribution in [1.82, 2.24) is 5.32 Å². The molecular formula is C20H30F3NO3. The highest BCUT2D eigenvalue weighted by molar-refractivity contribution is 5.76. The first-order valence-electron chi connectivity index (χ1n) is 9.26. The molecule has 0 bridgehead atoms. The molecule has 1 rings (SSSR count). The molecule has 7 heteroatoms. The van der Waals surface area contributed by atoms with Crippen molar-refractivity contribution < 1.29 is 27.4 Å². The van der Waals surface area contributed by atoms with Crippen LogP contribution >= 0.6 is 0 Å². The Morgan fingerprint density at radius 1 is 1.15 bits per heavy atom. The van der Waals surface area contributed by atoms with Gasteiger partial charge in [0.15, 0.2) is 18.1 Å². The molecule has 0 radical (unpaired) electrons. The molecule has 1 unspecified atom stereocenters. The third-order valence-corrected chi connectivity index (χ3v) is 4.09. The molecule has 1 aromatic carbocycles. The summed E-state index contributed by atoms with van der Waals surface area (Å²) in [5.41, 5.74) is 0.800. The topological polar surface area (TPSA) is 47.6 Å². The summed E-state index contributed by atoms with van der Waals surface area (Å²) in [5.74, 6) is 0.871. The summed E-state index contributed by atoms with van der Waals surface area (Å²) in [5, 5.41) is 2.98. The smallest absolute Gasteiger partial charge is 0.422 e. The van der Waals surface area contributed by atoms with Crippen molar-refractivity contribution in [3.8, 4) is 11.5 Å². The normalized spacial score (nSPS) is 12.7. The number of rotatable bonds is 11. The van der Waals surface area contributed by atoms with E-state index in [-0.39, 0.29) is 23.4 Å². The lowest BCUT2D eigenvalue weighted by molar-refractivity contribution is -0.153. The quantitative estimate of drug-likeness (QED) is 0.586. The summed E-state index contributed by atoms with van der Waals surface area (Å²) in [4.78, 5) is 12.1. The van der Waals surface area contributed by atoms with Gasteiger partial charge in [0.1, 0.15) is 0 Å². The van der Waals surface area contributed by atoms with Crippen LogP contribution in [0.4, 0.5) is 13.2 Å². The number of carbonyl (C=O) groups excluding carboxylic acids is 1. The summed E-state index contributed by atoms with van der Waals surface area (Å²) < 4.78 is 46.7. The van der Waals surface area contributed by atoms with Crippen LogP contribution in [0.15, 0.2) is 18.2 Å². The van der Waals surface area contributed by atoms with E-state index in [0.29, 0.717) is 18.8 Å². The van der Waals surface area contributed by atoms with Crippen LogP contribution in [0.5, 0.6) is 11.5 Å². The van der Waals surface area contributed by atoms with Gasteiger partial charge in [0.05, 0.1) is 7.11 Å². The minimum absolute atomic E-state index is 0.0294. The second-order valence-corrected chi connectivity index (χ2v) is 7.18. The molecule has 1 N–H and O–H groups in total. The fourth-order valence-electron chi connectivity index (χ4n) is 2.66. The van der Waals surface area contributed by atoms with Crippen molar-refractivity contribution in [2.45, 2.75) is 65.1 Å². The number of methoxy groups -OCH3 is 1. The molecule has 1 atom stereocenters. The van der Waals surface area contributed by atoms with Gasteiger partial charge in [-0.05, 0) is 43.4 Å². The third kappa shape index (κ3) is 10.1. The number of alkyl halides is 3. The molecule has 0 saturated carbocycles. The van der Waals surface area contributed by atoms with Gasteiger partial charge in [0.25, 0.3) is 0 Å². The van der Waals surface area contributed by atoms with Crippen LogP contribution in [-0.2, 0) is 11.2 Å². The zero-order valence-electron chi connectivity index (χ0n) is 16.5. The predicted octanol–water partition coefficient (Wildman–Crippen LogP) is 4.90. The number of ether oxygens (including phenoxy) is 2. The highest BCUT2D eigenvalue weighted by Crippen LogP contribution is 2.30. The SMILES string of the molecule is COc1cc(CCC(=O)NC(C)CCCC(C)C)ccc1OCC(F)(F)F. The lowest BCUT2D eigenvalue weighted by Gasteiger charge is -2.15. The van der Waals surface area contributed by atoms with Gasteiger partial charge in [0.2, 0.25) is 5.91 Å². The van der Waals surface area contributed by atoms with Gasteiger partial charge in [-0.2, -0.15) is 13.2 Å². The highest BCUT2D eigenvalue weighted by atomic mass is 19.4. The van der Waals surface area contributed by atoms with Gasteiger partial charge in [-0.3, -0.25) is 4.79 Å². The van der Waals surface area contributed by atoms with Crippen LogP contribution in [0.3, 0.4) is 0 Å². The maximum absolute atomic E-state index is 12.3. The third-order valence-electron chi connectivity index (χ3n) is 4.09. The average molecular weight is 389 g/mol. The first-order valence-corrected chi connectivity index (χ1v) is 9.26. The predicted molar refractivity (Wildman–Crippen MR) is 99.2 cm³/mol. The molecule has 0 aliphatic carbocycles. The number of carbonyl (C=O) groups is 1. The Morgan fingerprint density at radius 3 is 2.44 bits per heavy atom. The Balaban J connectivity index is 2.48. The lowest BCUT2D eigenvalue weighted by atomic mass is 10.0. The molecular weight excluding hydrogens is 359 g/mol. The van der Waals surface area contributed by atoms with E-state index in [9.17, 15) is 18.0 Å². The molecule has 27 heavy (non-hydrogen) atoms. The van der Waals surface area contributed by atoms with E-state index in [1.54, 1.807) is 12.1 Å². The number of benzene rings is 1. The van der Waals surface area contributed by atoms with Crippen LogP contribution in [0, 0.1) is 5.92 Å². The van der Waals surface area contributed by atoms with Crippen LogP contribution in [-0.4, -0.2) is 31.8 Å². The van der Waals surface area contributed by atoms with E-state index in [2.05, 4.69) is 19.2 Å². The van der Waals surface area contributed by atoms with Crippen molar-refractivity contribution in [3.63, 3.8) is 0 Å². The van der Waals surface area contributed by atoms with Gasteiger partial charge >= 0.3 is 6.18 Å². The van der Waals surface area contributed by atoms with Crippen LogP contribution < -0.4 is 14.8 Å². The molecule has 0 heterocycles. The van der Waals surface area contributed by atoms with Crippen molar-refractivity contribution in [2.75, 3.05) is 13.7 Å². The number of amides is 1. The molecule has 154 valence electrons. The second kappa shape index (κ2) is 11.0. The molecule has 1 aromatic rings. The van der Waals surface area contributed by atoms with Crippen molar-refractivity contribution >= 4 is 5.91 Å². The second-order valence-electron chi connectivity index (χ2n) is 7.18. The Labute approximate surface area is 159 Å². The summed E-state index contributed by atoms with van der Waals surface area (Å²) in [7, 11) is 1.37. The average Bonchev–Trinajstić information content (AvgIpc) is 2.57. The summed E-state index contributed by atoms with van der Waals surface area (Å²) in [6.07, 6.45) is -0.462. The Bertz CT molecular complexity index is 588. The minimum atomic E-state index is -4.41. The molecule has 1 amide bonds. The highest BCUT2D eigenvalue weighted by Gasteiger charge is 2.29. The first-order chi connectivity index (χ1) is 12.6. The van der Waals surface area contributed by atoms with Gasteiger partial charge in [-0.1, -0.05) is 32.8 Å². The van der Waals surface area contributed by atoms with Crippen molar-refractivity contribution in [3.05, 3.63) is 23.8 Å². The van der Waals surface area contributed by atoms with Crippen LogP contribution in [0.25, 0.3) is 0 Å². The fraction of sp³-hybridized carbons (Fsp3) is 0.650. The summed E-state index contributed by atoms with van der Waals surface area (Å²) in [6, 6.07) is 4.81. The number of aryl methyl sites for hydroxylation is 1. The van der Waals surface area contributed by atoms with E-state index in [1.165, 1.54) is 13.2 Å². The molecule has 0 aromatic heterocycles. The van der Waals surface area contributed by atoms with E-state index < -0.39 is 12.8 Å². The van der Waals surface area contributed by atoms with Gasteiger partial charge in [0, 0.05) is 12.5 Å². The standard InChI is InChI=1S/C20H30F3NO3/c1-14(2)6-5-7-15(3)24-19(25)11-9-16-8-10-17(18(12-16)26-4)27-13-20(21,22)23/h8,10,12,14-15H,5-7,9,11,13H2,1-4H3,(H,24,25). The molecule has 0 fully saturated rings. The Morgan fingerprint density at radius 2 is 1.85 bits per heavy atom. The van der Waals surface area contributed by atoms with E-state index >= 15 is 0 Å². The van der Waals surface area contributed by atoms with Crippen molar-refractivity contribution in [1.29, 1.82) is 0 Å². The molecule has 4 nitrogen and oxygen atoms in total. The number of halogens is 3. The molecule has 0 saturated heterocycles. The lowest BCUT2D eigenvalue weighted by Crippen LogP contribution is -2.32. The summed E-state index contributed by atoms with van der Waals surface area (Å²) in [6.45, 7) is 4.97.